The Morgan fingerprint density at radius 1 is 1.73 bits per heavy atom. The van der Waals surface area contributed by atoms with E-state index in [0.717, 1.165) is 30.5 Å². The average molecular weight is 224 g/mol. The minimum Gasteiger partial charge on any atom is -0.481 e. The van der Waals surface area contributed by atoms with Gasteiger partial charge in [0.2, 0.25) is 0 Å². The fraction of sp³-hybridized carbons (Fsp3) is 0.500. The van der Waals surface area contributed by atoms with Crippen molar-refractivity contribution in [1.29, 1.82) is 0 Å². The molecule has 15 heavy (non-hydrogen) atoms. The molecule has 1 atom stereocenters. The van der Waals surface area contributed by atoms with Gasteiger partial charge in [0.25, 0.3) is 0 Å². The third-order valence-corrected chi connectivity index (χ3v) is 2.97. The highest BCUT2D eigenvalue weighted by molar-refractivity contribution is 7.71. The van der Waals surface area contributed by atoms with E-state index in [-0.39, 0.29) is 12.3 Å². The van der Waals surface area contributed by atoms with E-state index in [9.17, 15) is 4.79 Å². The Kier molecular flexibility index (Phi) is 2.81. The van der Waals surface area contributed by atoms with Crippen LogP contribution in [0, 0.1) is 4.77 Å². The number of nitrogens with one attached hydrogen (secondary N) is 1. The predicted molar refractivity (Wildman–Crippen MR) is 57.4 cm³/mol. The zero-order valence-corrected chi connectivity index (χ0v) is 9.01. The first kappa shape index (κ1) is 10.3. The summed E-state index contributed by atoms with van der Waals surface area (Å²) in [5, 5.41) is 8.79. The molecule has 0 amide bonds. The minimum atomic E-state index is -0.754. The van der Waals surface area contributed by atoms with Crippen LogP contribution in [0.25, 0.3) is 0 Å². The molecule has 4 nitrogen and oxygen atoms in total. The molecule has 0 saturated carbocycles. The zero-order chi connectivity index (χ0) is 10.8. The van der Waals surface area contributed by atoms with Gasteiger partial charge in [-0.05, 0) is 43.0 Å². The Morgan fingerprint density at radius 3 is 3.27 bits per heavy atom. The van der Waals surface area contributed by atoms with E-state index in [0.29, 0.717) is 4.77 Å². The van der Waals surface area contributed by atoms with Crippen LogP contribution in [-0.2, 0) is 11.2 Å². The second kappa shape index (κ2) is 4.10. The molecule has 2 N–H and O–H groups in total. The second-order valence-corrected chi connectivity index (χ2v) is 4.20. The summed E-state index contributed by atoms with van der Waals surface area (Å²) < 4.78 is 0.477. The van der Waals surface area contributed by atoms with E-state index < -0.39 is 5.97 Å². The van der Waals surface area contributed by atoms with Gasteiger partial charge in [0.15, 0.2) is 4.77 Å². The van der Waals surface area contributed by atoms with Crippen LogP contribution < -0.4 is 0 Å². The minimum absolute atomic E-state index is 0.0885. The maximum atomic E-state index is 10.7. The number of hydrogen-bond donors (Lipinski definition) is 2. The molecule has 0 bridgehead atoms. The van der Waals surface area contributed by atoms with Crippen molar-refractivity contribution in [3.8, 4) is 0 Å². The lowest BCUT2D eigenvalue weighted by Gasteiger charge is -2.23. The van der Waals surface area contributed by atoms with Crippen LogP contribution >= 0.6 is 12.2 Å². The summed E-state index contributed by atoms with van der Waals surface area (Å²) in [5.41, 5.74) is 2.09. The third kappa shape index (κ3) is 2.23. The van der Waals surface area contributed by atoms with E-state index >= 15 is 0 Å². The smallest absolute Gasteiger partial charge is 0.303 e. The summed E-state index contributed by atoms with van der Waals surface area (Å²) in [7, 11) is 0. The van der Waals surface area contributed by atoms with Crippen molar-refractivity contribution in [3.05, 3.63) is 22.2 Å². The molecule has 1 aliphatic rings. The van der Waals surface area contributed by atoms with E-state index in [1.54, 1.807) is 6.20 Å². The fourth-order valence-electron chi connectivity index (χ4n) is 2.10. The van der Waals surface area contributed by atoms with Gasteiger partial charge in [0.05, 0.1) is 6.42 Å². The van der Waals surface area contributed by atoms with Gasteiger partial charge in [-0.2, -0.15) is 0 Å². The quantitative estimate of drug-likeness (QED) is 0.754. The van der Waals surface area contributed by atoms with Crippen LogP contribution in [0.15, 0.2) is 6.20 Å². The highest BCUT2D eigenvalue weighted by atomic mass is 32.1. The highest BCUT2D eigenvalue weighted by Gasteiger charge is 2.22. The van der Waals surface area contributed by atoms with Crippen LogP contribution in [-0.4, -0.2) is 21.0 Å². The summed E-state index contributed by atoms with van der Waals surface area (Å²) in [6.45, 7) is 0. The van der Waals surface area contributed by atoms with E-state index in [1.165, 1.54) is 0 Å². The molecular formula is C10H12N2O2S. The SMILES string of the molecule is O=C(O)CC1CCCc2[nH]c(=S)ncc21. The number of carboxylic acid groups (broad SMARTS) is 1. The number of H-pyrrole nitrogens is 1. The van der Waals surface area contributed by atoms with Crippen molar-refractivity contribution < 1.29 is 9.90 Å². The molecule has 0 spiro atoms. The Hall–Kier alpha value is -1.23. The van der Waals surface area contributed by atoms with Crippen LogP contribution in [0.5, 0.6) is 0 Å². The van der Waals surface area contributed by atoms with Gasteiger partial charge in [-0.1, -0.05) is 0 Å². The zero-order valence-electron chi connectivity index (χ0n) is 8.19. The van der Waals surface area contributed by atoms with Crippen LogP contribution in [0.4, 0.5) is 0 Å². The van der Waals surface area contributed by atoms with Gasteiger partial charge >= 0.3 is 5.97 Å². The first-order valence-corrected chi connectivity index (χ1v) is 5.37. The van der Waals surface area contributed by atoms with Crippen molar-refractivity contribution in [2.45, 2.75) is 31.6 Å². The van der Waals surface area contributed by atoms with E-state index in [2.05, 4.69) is 9.97 Å². The number of nitrogens with zero attached hydrogens (tertiary/aromatic N) is 1. The maximum absolute atomic E-state index is 10.7. The topological polar surface area (TPSA) is 66.0 Å². The lowest BCUT2D eigenvalue weighted by Crippen LogP contribution is -2.15. The number of aromatic nitrogens is 2. The van der Waals surface area contributed by atoms with Gasteiger partial charge in [0, 0.05) is 11.9 Å². The molecule has 0 fully saturated rings. The van der Waals surface area contributed by atoms with Crippen LogP contribution in [0.2, 0.25) is 0 Å². The summed E-state index contributed by atoms with van der Waals surface area (Å²) >= 11 is 4.94. The van der Waals surface area contributed by atoms with Crippen molar-refractivity contribution in [1.82, 2.24) is 9.97 Å². The summed E-state index contributed by atoms with van der Waals surface area (Å²) in [6, 6.07) is 0. The molecule has 5 heteroatoms. The normalized spacial score (nSPS) is 19.6. The molecule has 0 aliphatic heterocycles. The predicted octanol–water partition coefficient (Wildman–Crippen LogP) is 2.03. The molecule has 1 aromatic heterocycles. The molecule has 1 heterocycles. The summed E-state index contributed by atoms with van der Waals surface area (Å²) in [5.74, 6) is -0.666. The van der Waals surface area contributed by atoms with Crippen molar-refractivity contribution in [3.63, 3.8) is 0 Å². The van der Waals surface area contributed by atoms with Gasteiger partial charge in [-0.3, -0.25) is 4.79 Å². The first-order chi connectivity index (χ1) is 7.16. The number of carbonyl (C=O) groups is 1. The number of aliphatic carboxylic acids is 1. The lowest BCUT2D eigenvalue weighted by atomic mass is 9.84. The Morgan fingerprint density at radius 2 is 2.53 bits per heavy atom. The standard InChI is InChI=1S/C10H12N2O2S/c13-9(14)4-6-2-1-3-8-7(6)5-11-10(15)12-8/h5-6H,1-4H2,(H,13,14)(H,11,12,15). The molecule has 1 unspecified atom stereocenters. The summed E-state index contributed by atoms with van der Waals surface area (Å²) in [4.78, 5) is 17.8. The highest BCUT2D eigenvalue weighted by Crippen LogP contribution is 2.32. The number of carboxylic acids is 1. The molecule has 0 aromatic carbocycles. The first-order valence-electron chi connectivity index (χ1n) is 4.96. The van der Waals surface area contributed by atoms with Crippen molar-refractivity contribution in [2.75, 3.05) is 0 Å². The number of fused-ring (bicyclic) bond motifs is 1. The van der Waals surface area contributed by atoms with Crippen molar-refractivity contribution in [2.24, 2.45) is 0 Å². The molecule has 80 valence electrons. The fourth-order valence-corrected chi connectivity index (χ4v) is 2.28. The largest absolute Gasteiger partial charge is 0.481 e. The molecule has 1 aliphatic carbocycles. The molecule has 1 aromatic rings. The molecular weight excluding hydrogens is 212 g/mol. The number of rotatable bonds is 2. The Balaban J connectivity index is 2.34. The van der Waals surface area contributed by atoms with Crippen LogP contribution in [0.1, 0.15) is 36.4 Å². The van der Waals surface area contributed by atoms with Crippen molar-refractivity contribution >= 4 is 18.2 Å². The molecule has 2 rings (SSSR count). The monoisotopic (exact) mass is 224 g/mol. The lowest BCUT2D eigenvalue weighted by molar-refractivity contribution is -0.137. The van der Waals surface area contributed by atoms with Gasteiger partial charge in [-0.25, -0.2) is 4.98 Å². The van der Waals surface area contributed by atoms with Gasteiger partial charge < -0.3 is 10.1 Å². The van der Waals surface area contributed by atoms with Gasteiger partial charge in [-0.15, -0.1) is 0 Å². The van der Waals surface area contributed by atoms with Crippen LogP contribution in [0.3, 0.4) is 0 Å². The molecule has 0 radical (unpaired) electrons. The Labute approximate surface area is 92.4 Å². The van der Waals surface area contributed by atoms with E-state index in [1.807, 2.05) is 0 Å². The van der Waals surface area contributed by atoms with Gasteiger partial charge in [0.1, 0.15) is 0 Å². The number of aryl methyl sites for hydroxylation is 1. The maximum Gasteiger partial charge on any atom is 0.303 e. The average Bonchev–Trinajstić information content (AvgIpc) is 2.16. The third-order valence-electron chi connectivity index (χ3n) is 2.77. The second-order valence-electron chi connectivity index (χ2n) is 3.81. The Bertz CT molecular complexity index is 441. The number of hydrogen-bond acceptors (Lipinski definition) is 3. The summed E-state index contributed by atoms with van der Waals surface area (Å²) in [6.07, 6.45) is 4.78. The molecule has 0 saturated heterocycles. The number of aromatic amines is 1. The van der Waals surface area contributed by atoms with E-state index in [4.69, 9.17) is 17.3 Å².